The van der Waals surface area contributed by atoms with E-state index >= 15 is 0 Å². The first-order chi connectivity index (χ1) is 15.3. The Balaban J connectivity index is 0.00000544. The third kappa shape index (κ3) is 9.78. The summed E-state index contributed by atoms with van der Waals surface area (Å²) < 4.78 is 5.73. The Hall–Kier alpha value is -1.39. The number of morpholine rings is 1. The predicted octanol–water partition coefficient (Wildman–Crippen LogP) is 3.94. The zero-order valence-corrected chi connectivity index (χ0v) is 23.2. The zero-order valence-electron chi connectivity index (χ0n) is 20.9. The highest BCUT2D eigenvalue weighted by atomic mass is 127. The summed E-state index contributed by atoms with van der Waals surface area (Å²) in [5.74, 6) is 0.734. The second-order valence-electron chi connectivity index (χ2n) is 8.94. The maximum absolute atomic E-state index is 12.8. The average Bonchev–Trinajstić information content (AvgIpc) is 2.75. The number of hydrogen-bond acceptors (Lipinski definition) is 4. The number of rotatable bonds is 10. The van der Waals surface area contributed by atoms with E-state index in [1.165, 1.54) is 0 Å². The molecule has 1 amide bonds. The Kier molecular flexibility index (Phi) is 13.3. The Morgan fingerprint density at radius 2 is 1.67 bits per heavy atom. The van der Waals surface area contributed by atoms with Crippen molar-refractivity contribution in [2.24, 2.45) is 4.99 Å². The molecule has 0 radical (unpaired) electrons. The standard InChI is InChI=1S/C25H42N4O3.HI/c1-6-13-25(31,14-7-2)18-28-24(26-8-3)27-15-21-9-11-22(12-10-21)23(30)29-16-19(4)32-20(5)17-29;/h9-12,19-20,31H,6-8,13-18H2,1-5H3,(H2,26,27,28);1H. The van der Waals surface area contributed by atoms with E-state index in [0.717, 1.165) is 37.8 Å². The number of benzene rings is 1. The summed E-state index contributed by atoms with van der Waals surface area (Å²) in [6.07, 6.45) is 3.53. The highest BCUT2D eigenvalue weighted by Gasteiger charge is 2.27. The molecule has 2 rings (SSSR count). The van der Waals surface area contributed by atoms with E-state index in [9.17, 15) is 9.90 Å². The minimum absolute atomic E-state index is 0. The van der Waals surface area contributed by atoms with Crippen molar-refractivity contribution in [2.45, 2.75) is 84.7 Å². The van der Waals surface area contributed by atoms with Crippen LogP contribution in [0.1, 0.15) is 76.2 Å². The van der Waals surface area contributed by atoms with Crippen LogP contribution in [0.4, 0.5) is 0 Å². The van der Waals surface area contributed by atoms with Crippen LogP contribution >= 0.6 is 24.0 Å². The van der Waals surface area contributed by atoms with Crippen LogP contribution in [0.3, 0.4) is 0 Å². The van der Waals surface area contributed by atoms with Gasteiger partial charge in [-0.05, 0) is 51.3 Å². The molecule has 7 nitrogen and oxygen atoms in total. The predicted molar refractivity (Wildman–Crippen MR) is 145 cm³/mol. The van der Waals surface area contributed by atoms with Crippen molar-refractivity contribution in [1.82, 2.24) is 15.5 Å². The van der Waals surface area contributed by atoms with Gasteiger partial charge in [0, 0.05) is 31.7 Å². The number of nitrogens with zero attached hydrogens (tertiary/aromatic N) is 2. The summed E-state index contributed by atoms with van der Waals surface area (Å²) in [6.45, 7) is 13.2. The second-order valence-corrected chi connectivity index (χ2v) is 8.94. The van der Waals surface area contributed by atoms with Gasteiger partial charge in [0.15, 0.2) is 5.96 Å². The van der Waals surface area contributed by atoms with Crippen LogP contribution in [0.25, 0.3) is 0 Å². The van der Waals surface area contributed by atoms with Crippen LogP contribution in [0.5, 0.6) is 0 Å². The Bertz CT molecular complexity index is 726. The molecule has 0 aromatic heterocycles. The zero-order chi connectivity index (χ0) is 23.6. The van der Waals surface area contributed by atoms with Crippen LogP contribution < -0.4 is 10.6 Å². The van der Waals surface area contributed by atoms with Crippen molar-refractivity contribution in [3.8, 4) is 0 Å². The lowest BCUT2D eigenvalue weighted by atomic mass is 9.93. The molecule has 33 heavy (non-hydrogen) atoms. The van der Waals surface area contributed by atoms with Crippen molar-refractivity contribution in [1.29, 1.82) is 0 Å². The number of aliphatic hydroxyl groups is 1. The average molecular weight is 575 g/mol. The summed E-state index contributed by atoms with van der Waals surface area (Å²) in [7, 11) is 0. The Labute approximate surface area is 216 Å². The molecule has 1 aliphatic heterocycles. The molecule has 3 N–H and O–H groups in total. The molecule has 1 fully saturated rings. The number of hydrogen-bond donors (Lipinski definition) is 3. The number of ether oxygens (including phenoxy) is 1. The minimum atomic E-state index is -0.712. The quantitative estimate of drug-likeness (QED) is 0.224. The highest BCUT2D eigenvalue weighted by Crippen LogP contribution is 2.18. The molecule has 8 heteroatoms. The number of halogens is 1. The van der Waals surface area contributed by atoms with Gasteiger partial charge in [0.05, 0.1) is 24.4 Å². The van der Waals surface area contributed by atoms with Crippen molar-refractivity contribution in [3.05, 3.63) is 35.4 Å². The van der Waals surface area contributed by atoms with E-state index in [4.69, 9.17) is 4.74 Å². The molecule has 1 heterocycles. The number of carbonyl (C=O) groups excluding carboxylic acids is 1. The molecule has 2 atom stereocenters. The lowest BCUT2D eigenvalue weighted by molar-refractivity contribution is -0.0586. The van der Waals surface area contributed by atoms with Gasteiger partial charge < -0.3 is 25.4 Å². The van der Waals surface area contributed by atoms with Gasteiger partial charge in [-0.25, -0.2) is 4.99 Å². The van der Waals surface area contributed by atoms with Crippen LogP contribution in [0.15, 0.2) is 29.3 Å². The second kappa shape index (κ2) is 14.8. The fourth-order valence-electron chi connectivity index (χ4n) is 4.27. The molecule has 1 aromatic rings. The number of nitrogens with one attached hydrogen (secondary N) is 2. The fourth-order valence-corrected chi connectivity index (χ4v) is 4.27. The van der Waals surface area contributed by atoms with Gasteiger partial charge in [0.2, 0.25) is 0 Å². The first kappa shape index (κ1) is 29.6. The molecule has 0 bridgehead atoms. The SMILES string of the molecule is CCCC(O)(CCC)CNC(=NCc1ccc(C(=O)N2CC(C)OC(C)C2)cc1)NCC.I. The minimum Gasteiger partial charge on any atom is -0.388 e. The largest absolute Gasteiger partial charge is 0.388 e. The maximum Gasteiger partial charge on any atom is 0.254 e. The first-order valence-corrected chi connectivity index (χ1v) is 12.1. The maximum atomic E-state index is 12.8. The van der Waals surface area contributed by atoms with Gasteiger partial charge >= 0.3 is 0 Å². The van der Waals surface area contributed by atoms with E-state index < -0.39 is 5.60 Å². The summed E-state index contributed by atoms with van der Waals surface area (Å²) in [4.78, 5) is 19.4. The van der Waals surface area contributed by atoms with E-state index in [-0.39, 0.29) is 42.1 Å². The van der Waals surface area contributed by atoms with Gasteiger partial charge in [0.1, 0.15) is 0 Å². The summed E-state index contributed by atoms with van der Waals surface area (Å²) in [5, 5.41) is 17.4. The van der Waals surface area contributed by atoms with E-state index in [0.29, 0.717) is 37.7 Å². The fraction of sp³-hybridized carbons (Fsp3) is 0.680. The summed E-state index contributed by atoms with van der Waals surface area (Å²) in [6, 6.07) is 7.66. The Morgan fingerprint density at radius 3 is 2.18 bits per heavy atom. The van der Waals surface area contributed by atoms with Gasteiger partial charge in [-0.3, -0.25) is 4.79 Å². The van der Waals surface area contributed by atoms with Crippen LogP contribution in [-0.4, -0.2) is 65.9 Å². The Morgan fingerprint density at radius 1 is 1.09 bits per heavy atom. The van der Waals surface area contributed by atoms with Crippen molar-refractivity contribution >= 4 is 35.8 Å². The summed E-state index contributed by atoms with van der Waals surface area (Å²) >= 11 is 0. The van der Waals surface area contributed by atoms with Crippen LogP contribution in [0, 0.1) is 0 Å². The number of amides is 1. The number of aliphatic imine (C=N–C) groups is 1. The topological polar surface area (TPSA) is 86.2 Å². The van der Waals surface area contributed by atoms with E-state index in [1.54, 1.807) is 0 Å². The van der Waals surface area contributed by atoms with E-state index in [2.05, 4.69) is 29.5 Å². The molecule has 2 unspecified atom stereocenters. The molecule has 188 valence electrons. The van der Waals surface area contributed by atoms with Gasteiger partial charge in [-0.2, -0.15) is 0 Å². The van der Waals surface area contributed by atoms with Gasteiger partial charge in [-0.15, -0.1) is 24.0 Å². The van der Waals surface area contributed by atoms with Crippen LogP contribution in [0.2, 0.25) is 0 Å². The number of guanidine groups is 1. The third-order valence-corrected chi connectivity index (χ3v) is 5.69. The van der Waals surface area contributed by atoms with Gasteiger partial charge in [-0.1, -0.05) is 38.8 Å². The molecule has 0 spiro atoms. The van der Waals surface area contributed by atoms with Gasteiger partial charge in [0.25, 0.3) is 5.91 Å². The summed E-state index contributed by atoms with van der Waals surface area (Å²) in [5.41, 5.74) is 1.00. The number of carbonyl (C=O) groups is 1. The molecule has 1 aromatic carbocycles. The molecule has 1 aliphatic rings. The highest BCUT2D eigenvalue weighted by molar-refractivity contribution is 14.0. The van der Waals surface area contributed by atoms with Crippen LogP contribution in [-0.2, 0) is 11.3 Å². The molecule has 0 aliphatic carbocycles. The lowest BCUT2D eigenvalue weighted by Gasteiger charge is -2.35. The van der Waals surface area contributed by atoms with E-state index in [1.807, 2.05) is 49.9 Å². The molecular weight excluding hydrogens is 531 g/mol. The monoisotopic (exact) mass is 574 g/mol. The molecular formula is C25H43IN4O3. The molecule has 0 saturated carbocycles. The lowest BCUT2D eigenvalue weighted by Crippen LogP contribution is -2.48. The smallest absolute Gasteiger partial charge is 0.254 e. The van der Waals surface area contributed by atoms with Crippen molar-refractivity contribution in [3.63, 3.8) is 0 Å². The third-order valence-electron chi connectivity index (χ3n) is 5.69. The van der Waals surface area contributed by atoms with Crippen molar-refractivity contribution < 1.29 is 14.6 Å². The first-order valence-electron chi connectivity index (χ1n) is 12.1. The normalized spacial score (nSPS) is 19.1. The van der Waals surface area contributed by atoms with Crippen molar-refractivity contribution in [2.75, 3.05) is 26.2 Å². The molecule has 1 saturated heterocycles.